The average molecular weight is 306 g/mol. The molecule has 3 aliphatic rings. The van der Waals surface area contributed by atoms with Crippen LogP contribution in [-0.4, -0.2) is 41.8 Å². The van der Waals surface area contributed by atoms with Gasteiger partial charge < -0.3 is 15.0 Å². The topological polar surface area (TPSA) is 41.6 Å². The van der Waals surface area contributed by atoms with E-state index in [0.29, 0.717) is 12.1 Å². The maximum atomic E-state index is 12.2. The maximum absolute atomic E-state index is 12.2. The van der Waals surface area contributed by atoms with Gasteiger partial charge in [0.15, 0.2) is 0 Å². The fourth-order valence-electron chi connectivity index (χ4n) is 3.98. The van der Waals surface area contributed by atoms with E-state index in [1.165, 1.54) is 12.8 Å². The zero-order valence-corrected chi connectivity index (χ0v) is 14.2. The predicted molar refractivity (Wildman–Crippen MR) is 87.7 cm³/mol. The molecule has 22 heavy (non-hydrogen) atoms. The van der Waals surface area contributed by atoms with E-state index in [-0.39, 0.29) is 6.09 Å². The van der Waals surface area contributed by atoms with Gasteiger partial charge in [0.2, 0.25) is 0 Å². The van der Waals surface area contributed by atoms with Crippen molar-refractivity contribution in [2.24, 2.45) is 11.8 Å². The molecule has 1 N–H and O–H groups in total. The Morgan fingerprint density at radius 3 is 2.82 bits per heavy atom. The molecule has 1 amide bonds. The second-order valence-electron chi connectivity index (χ2n) is 8.11. The number of hydrogen-bond donors (Lipinski definition) is 1. The first-order chi connectivity index (χ1) is 10.4. The minimum absolute atomic E-state index is 0.157. The van der Waals surface area contributed by atoms with E-state index in [9.17, 15) is 4.79 Å². The van der Waals surface area contributed by atoms with Gasteiger partial charge in [-0.2, -0.15) is 0 Å². The third kappa shape index (κ3) is 3.65. The summed E-state index contributed by atoms with van der Waals surface area (Å²) < 4.78 is 5.50. The standard InChI is InChI=1S/C18H30N2O2/c1-18(2,3)22-17(21)20-10-5-7-14(9-11-20)19-16-12-13-6-4-8-15(13)16/h4,8,13-16,19H,5-7,9-12H2,1-3H3. The van der Waals surface area contributed by atoms with Crippen LogP contribution < -0.4 is 5.32 Å². The highest BCUT2D eigenvalue weighted by Gasteiger charge is 2.41. The second-order valence-corrected chi connectivity index (χ2v) is 8.11. The molecule has 124 valence electrons. The van der Waals surface area contributed by atoms with Gasteiger partial charge in [-0.05, 0) is 64.7 Å². The summed E-state index contributed by atoms with van der Waals surface area (Å²) in [4.78, 5) is 14.1. The number of rotatable bonds is 2. The van der Waals surface area contributed by atoms with Crippen LogP contribution in [0.3, 0.4) is 0 Å². The number of amides is 1. The summed E-state index contributed by atoms with van der Waals surface area (Å²) >= 11 is 0. The smallest absolute Gasteiger partial charge is 0.410 e. The van der Waals surface area contributed by atoms with Crippen molar-refractivity contribution in [3.63, 3.8) is 0 Å². The molecule has 4 nitrogen and oxygen atoms in total. The monoisotopic (exact) mass is 306 g/mol. The van der Waals surface area contributed by atoms with Gasteiger partial charge in [0.25, 0.3) is 0 Å². The van der Waals surface area contributed by atoms with Crippen LogP contribution in [0, 0.1) is 11.8 Å². The summed E-state index contributed by atoms with van der Waals surface area (Å²) in [5.41, 5.74) is -0.406. The fourth-order valence-corrected chi connectivity index (χ4v) is 3.98. The second kappa shape index (κ2) is 6.23. The number of carbonyl (C=O) groups excluding carboxylic acids is 1. The predicted octanol–water partition coefficient (Wildman–Crippen LogP) is 3.33. The molecule has 0 bridgehead atoms. The Hall–Kier alpha value is -1.03. The van der Waals surface area contributed by atoms with E-state index in [2.05, 4.69) is 17.5 Å². The number of carbonyl (C=O) groups is 1. The van der Waals surface area contributed by atoms with Gasteiger partial charge in [-0.15, -0.1) is 0 Å². The molecule has 2 aliphatic carbocycles. The van der Waals surface area contributed by atoms with Crippen molar-refractivity contribution in [1.29, 1.82) is 0 Å². The van der Waals surface area contributed by atoms with E-state index in [4.69, 9.17) is 4.74 Å². The maximum Gasteiger partial charge on any atom is 0.410 e. The third-order valence-electron chi connectivity index (χ3n) is 5.19. The van der Waals surface area contributed by atoms with Crippen molar-refractivity contribution >= 4 is 6.09 Å². The van der Waals surface area contributed by atoms with Gasteiger partial charge in [0.05, 0.1) is 0 Å². The van der Waals surface area contributed by atoms with E-state index >= 15 is 0 Å². The van der Waals surface area contributed by atoms with Crippen LogP contribution in [0.5, 0.6) is 0 Å². The summed E-state index contributed by atoms with van der Waals surface area (Å²) in [6.45, 7) is 7.41. The van der Waals surface area contributed by atoms with Gasteiger partial charge in [0.1, 0.15) is 5.60 Å². The Kier molecular flexibility index (Phi) is 4.49. The Morgan fingerprint density at radius 2 is 2.09 bits per heavy atom. The van der Waals surface area contributed by atoms with Crippen LogP contribution >= 0.6 is 0 Å². The minimum Gasteiger partial charge on any atom is -0.444 e. The molecule has 0 radical (unpaired) electrons. The van der Waals surface area contributed by atoms with Gasteiger partial charge >= 0.3 is 6.09 Å². The lowest BCUT2D eigenvalue weighted by molar-refractivity contribution is 0.0255. The molecule has 4 unspecified atom stereocenters. The van der Waals surface area contributed by atoms with Crippen LogP contribution in [0.4, 0.5) is 4.79 Å². The zero-order chi connectivity index (χ0) is 15.7. The van der Waals surface area contributed by atoms with Crippen molar-refractivity contribution in [3.8, 4) is 0 Å². The van der Waals surface area contributed by atoms with Crippen LogP contribution in [-0.2, 0) is 4.74 Å². The van der Waals surface area contributed by atoms with Crippen molar-refractivity contribution < 1.29 is 9.53 Å². The lowest BCUT2D eigenvalue weighted by atomic mass is 9.71. The first-order valence-corrected chi connectivity index (χ1v) is 8.83. The summed E-state index contributed by atoms with van der Waals surface area (Å²) in [6, 6.07) is 1.22. The molecule has 4 atom stereocenters. The van der Waals surface area contributed by atoms with Crippen LogP contribution in [0.2, 0.25) is 0 Å². The molecule has 4 heteroatoms. The molecular weight excluding hydrogens is 276 g/mol. The highest BCUT2D eigenvalue weighted by Crippen LogP contribution is 2.43. The number of hydrogen-bond acceptors (Lipinski definition) is 3. The largest absolute Gasteiger partial charge is 0.444 e. The van der Waals surface area contributed by atoms with Crippen LogP contribution in [0.15, 0.2) is 12.2 Å². The van der Waals surface area contributed by atoms with E-state index in [0.717, 1.165) is 44.2 Å². The molecule has 2 fully saturated rings. The van der Waals surface area contributed by atoms with Gasteiger partial charge in [-0.25, -0.2) is 4.79 Å². The van der Waals surface area contributed by atoms with E-state index in [1.54, 1.807) is 0 Å². The Bertz CT molecular complexity index is 441. The van der Waals surface area contributed by atoms with Crippen molar-refractivity contribution in [2.75, 3.05) is 13.1 Å². The number of nitrogens with zero attached hydrogens (tertiary/aromatic N) is 1. The molecule has 0 spiro atoms. The van der Waals surface area contributed by atoms with E-state index < -0.39 is 5.60 Å². The normalized spacial score (nSPS) is 34.8. The average Bonchev–Trinajstić information content (AvgIpc) is 2.64. The molecule has 0 aromatic heterocycles. The first-order valence-electron chi connectivity index (χ1n) is 8.83. The fraction of sp³-hybridized carbons (Fsp3) is 0.833. The Labute approximate surface area is 134 Å². The summed E-state index contributed by atoms with van der Waals surface area (Å²) in [5.74, 6) is 1.67. The van der Waals surface area contributed by atoms with Crippen molar-refractivity contribution in [3.05, 3.63) is 12.2 Å². The molecule has 0 aromatic rings. The van der Waals surface area contributed by atoms with Gasteiger partial charge in [-0.3, -0.25) is 0 Å². The molecule has 1 heterocycles. The van der Waals surface area contributed by atoms with E-state index in [1.807, 2.05) is 25.7 Å². The molecule has 3 rings (SSSR count). The SMILES string of the molecule is CC(C)(C)OC(=O)N1CCCC(NC2CC3CC=CC32)CC1. The number of allylic oxidation sites excluding steroid dienone is 1. The zero-order valence-electron chi connectivity index (χ0n) is 14.2. The van der Waals surface area contributed by atoms with Crippen molar-refractivity contribution in [1.82, 2.24) is 10.2 Å². The number of likely N-dealkylation sites (tertiary alicyclic amines) is 1. The quantitative estimate of drug-likeness (QED) is 0.796. The molecule has 1 saturated heterocycles. The van der Waals surface area contributed by atoms with Crippen molar-refractivity contribution in [2.45, 2.75) is 70.6 Å². The van der Waals surface area contributed by atoms with Crippen LogP contribution in [0.25, 0.3) is 0 Å². The molecule has 1 saturated carbocycles. The first kappa shape index (κ1) is 15.9. The molecule has 0 aromatic carbocycles. The Morgan fingerprint density at radius 1 is 1.27 bits per heavy atom. The third-order valence-corrected chi connectivity index (χ3v) is 5.19. The number of fused-ring (bicyclic) bond motifs is 1. The lowest BCUT2D eigenvalue weighted by Gasteiger charge is -2.42. The summed E-state index contributed by atoms with van der Waals surface area (Å²) in [7, 11) is 0. The summed E-state index contributed by atoms with van der Waals surface area (Å²) in [6.07, 6.45) is 10.4. The summed E-state index contributed by atoms with van der Waals surface area (Å²) in [5, 5.41) is 3.84. The van der Waals surface area contributed by atoms with Crippen LogP contribution in [0.1, 0.15) is 52.9 Å². The minimum atomic E-state index is -0.406. The van der Waals surface area contributed by atoms with Gasteiger partial charge in [-0.1, -0.05) is 12.2 Å². The lowest BCUT2D eigenvalue weighted by Crippen LogP contribution is -2.52. The number of nitrogens with one attached hydrogen (secondary N) is 1. The molecule has 1 aliphatic heterocycles. The highest BCUT2D eigenvalue weighted by molar-refractivity contribution is 5.68. The van der Waals surface area contributed by atoms with Gasteiger partial charge in [0, 0.05) is 25.2 Å². The highest BCUT2D eigenvalue weighted by atomic mass is 16.6. The Balaban J connectivity index is 1.46. The number of ether oxygens (including phenoxy) is 1. The molecular formula is C18H30N2O2.